The lowest BCUT2D eigenvalue weighted by Gasteiger charge is -2.14. The van der Waals surface area contributed by atoms with E-state index in [9.17, 15) is 27.9 Å². The first-order chi connectivity index (χ1) is 10.6. The Bertz CT molecular complexity index is 861. The zero-order valence-electron chi connectivity index (χ0n) is 11.9. The molecule has 2 rings (SSSR count). The molecule has 0 aliphatic heterocycles. The van der Waals surface area contributed by atoms with Gasteiger partial charge in [0.05, 0.1) is 12.0 Å². The Balaban J connectivity index is 2.89. The van der Waals surface area contributed by atoms with Gasteiger partial charge in [0.1, 0.15) is 11.4 Å². The van der Waals surface area contributed by atoms with E-state index in [-0.39, 0.29) is 12.0 Å². The number of carbonyl (C=O) groups excluding carboxylic acids is 1. The van der Waals surface area contributed by atoms with Crippen LogP contribution in [0.2, 0.25) is 0 Å². The number of hydrogen-bond acceptors (Lipinski definition) is 5. The number of hydrogen-bond donors (Lipinski definition) is 1. The van der Waals surface area contributed by atoms with Crippen LogP contribution >= 0.6 is 15.9 Å². The van der Waals surface area contributed by atoms with Crippen molar-refractivity contribution >= 4 is 32.9 Å². The van der Waals surface area contributed by atoms with Gasteiger partial charge in [0.25, 0.3) is 5.56 Å². The Hall–Kier alpha value is -2.10. The van der Waals surface area contributed by atoms with E-state index in [1.54, 1.807) is 0 Å². The Morgan fingerprint density at radius 2 is 2.09 bits per heavy atom. The highest BCUT2D eigenvalue weighted by Gasteiger charge is 2.36. The van der Waals surface area contributed by atoms with Gasteiger partial charge in [-0.1, -0.05) is 0 Å². The molecule has 0 fully saturated rings. The lowest BCUT2D eigenvalue weighted by atomic mass is 10.1. The molecule has 0 aliphatic carbocycles. The maximum atomic E-state index is 12.9. The summed E-state index contributed by atoms with van der Waals surface area (Å²) in [6.07, 6.45) is -4.75. The van der Waals surface area contributed by atoms with Crippen molar-refractivity contribution in [1.29, 1.82) is 0 Å². The highest BCUT2D eigenvalue weighted by atomic mass is 79.9. The summed E-state index contributed by atoms with van der Waals surface area (Å²) in [5, 5.41) is 9.93. The van der Waals surface area contributed by atoms with E-state index in [4.69, 9.17) is 0 Å². The first-order valence-electron chi connectivity index (χ1n) is 6.26. The van der Waals surface area contributed by atoms with E-state index in [1.165, 1.54) is 6.92 Å². The molecule has 0 atom stereocenters. The van der Waals surface area contributed by atoms with Crippen LogP contribution in [0.1, 0.15) is 23.0 Å². The van der Waals surface area contributed by atoms with Crippen LogP contribution in [0.15, 0.2) is 15.3 Å². The van der Waals surface area contributed by atoms with Crippen molar-refractivity contribution in [3.05, 3.63) is 32.2 Å². The van der Waals surface area contributed by atoms with Gasteiger partial charge in [0, 0.05) is 11.5 Å². The summed E-state index contributed by atoms with van der Waals surface area (Å²) in [6.45, 7) is 1.47. The van der Waals surface area contributed by atoms with Gasteiger partial charge >= 0.3 is 12.1 Å². The number of aryl methyl sites for hydroxylation is 1. The van der Waals surface area contributed by atoms with E-state index < -0.39 is 44.8 Å². The van der Waals surface area contributed by atoms with E-state index in [0.29, 0.717) is 0 Å². The molecule has 0 bridgehead atoms. The lowest BCUT2D eigenvalue weighted by Crippen LogP contribution is -2.27. The molecule has 2 heterocycles. The number of fused-ring (bicyclic) bond motifs is 1. The molecule has 124 valence electrons. The number of esters is 1. The van der Waals surface area contributed by atoms with E-state index >= 15 is 0 Å². The van der Waals surface area contributed by atoms with Crippen molar-refractivity contribution < 1.29 is 27.8 Å². The zero-order chi connectivity index (χ0) is 17.5. The molecule has 2 aromatic rings. The Morgan fingerprint density at radius 3 is 2.61 bits per heavy atom. The van der Waals surface area contributed by atoms with Gasteiger partial charge in [-0.3, -0.25) is 9.36 Å². The molecule has 0 saturated carbocycles. The number of pyridine rings is 2. The molecule has 23 heavy (non-hydrogen) atoms. The Morgan fingerprint density at radius 1 is 1.48 bits per heavy atom. The SMILES string of the molecule is CCOC(=O)c1c(O)c2cc(Br)c(C(F)(F)F)nc2n(C)c1=O. The summed E-state index contributed by atoms with van der Waals surface area (Å²) in [5.41, 5.74) is -3.31. The second-order valence-electron chi connectivity index (χ2n) is 4.50. The molecule has 0 unspecified atom stereocenters. The minimum atomic E-state index is -4.75. The fraction of sp³-hybridized carbons (Fsp3) is 0.308. The number of aromatic nitrogens is 2. The summed E-state index contributed by atoms with van der Waals surface area (Å²) in [6, 6.07) is 0.947. The van der Waals surface area contributed by atoms with Crippen LogP contribution in [-0.4, -0.2) is 27.2 Å². The van der Waals surface area contributed by atoms with Crippen molar-refractivity contribution in [2.45, 2.75) is 13.1 Å². The molecule has 0 spiro atoms. The summed E-state index contributed by atoms with van der Waals surface area (Å²) < 4.78 is 43.7. The third kappa shape index (κ3) is 2.90. The predicted molar refractivity (Wildman–Crippen MR) is 77.3 cm³/mol. The van der Waals surface area contributed by atoms with Crippen molar-refractivity contribution in [3.63, 3.8) is 0 Å². The minimum absolute atomic E-state index is 0.0333. The standard InChI is InChI=1S/C13H10BrF3N2O4/c1-3-23-12(22)7-8(20)5-4-6(14)9(13(15,16)17)18-10(5)19(2)11(7)21/h4,20H,3H2,1-2H3. The predicted octanol–water partition coefficient (Wildman–Crippen LogP) is 2.60. The highest BCUT2D eigenvalue weighted by Crippen LogP contribution is 2.37. The second-order valence-corrected chi connectivity index (χ2v) is 5.35. The van der Waals surface area contributed by atoms with E-state index in [1.807, 2.05) is 0 Å². The van der Waals surface area contributed by atoms with Crippen LogP contribution < -0.4 is 5.56 Å². The molecular weight excluding hydrogens is 385 g/mol. The van der Waals surface area contributed by atoms with Gasteiger partial charge in [-0.2, -0.15) is 13.2 Å². The summed E-state index contributed by atoms with van der Waals surface area (Å²) in [5.74, 6) is -1.84. The molecule has 0 amide bonds. The van der Waals surface area contributed by atoms with Gasteiger partial charge in [-0.15, -0.1) is 0 Å². The maximum absolute atomic E-state index is 12.9. The molecule has 0 aliphatic rings. The number of aromatic hydroxyl groups is 1. The van der Waals surface area contributed by atoms with Crippen LogP contribution in [-0.2, 0) is 18.0 Å². The average Bonchev–Trinajstić information content (AvgIpc) is 2.44. The molecule has 6 nitrogen and oxygen atoms in total. The van der Waals surface area contributed by atoms with Crippen molar-refractivity contribution in [3.8, 4) is 5.75 Å². The number of halogens is 4. The summed E-state index contributed by atoms with van der Waals surface area (Å²) in [4.78, 5) is 27.3. The van der Waals surface area contributed by atoms with Gasteiger partial charge < -0.3 is 9.84 Å². The number of ether oxygens (including phenoxy) is 1. The highest BCUT2D eigenvalue weighted by molar-refractivity contribution is 9.10. The summed E-state index contributed by atoms with van der Waals surface area (Å²) in [7, 11) is 1.15. The molecule has 2 aromatic heterocycles. The number of rotatable bonds is 2. The van der Waals surface area contributed by atoms with Crippen LogP contribution in [0.3, 0.4) is 0 Å². The van der Waals surface area contributed by atoms with E-state index in [0.717, 1.165) is 17.7 Å². The maximum Gasteiger partial charge on any atom is 0.434 e. The molecule has 10 heteroatoms. The number of nitrogens with zero attached hydrogens (tertiary/aromatic N) is 2. The fourth-order valence-electron chi connectivity index (χ4n) is 1.99. The average molecular weight is 395 g/mol. The fourth-order valence-corrected chi connectivity index (χ4v) is 2.54. The third-order valence-corrected chi connectivity index (χ3v) is 3.64. The molecule has 0 saturated heterocycles. The molecule has 0 radical (unpaired) electrons. The third-order valence-electron chi connectivity index (χ3n) is 3.03. The van der Waals surface area contributed by atoms with Gasteiger partial charge in [0.15, 0.2) is 11.3 Å². The van der Waals surface area contributed by atoms with Gasteiger partial charge in [0.2, 0.25) is 0 Å². The topological polar surface area (TPSA) is 81.4 Å². The molecule has 0 aromatic carbocycles. The second kappa shape index (κ2) is 5.84. The smallest absolute Gasteiger partial charge is 0.434 e. The van der Waals surface area contributed by atoms with Crippen LogP contribution in [0.4, 0.5) is 13.2 Å². The van der Waals surface area contributed by atoms with Crippen molar-refractivity contribution in [1.82, 2.24) is 9.55 Å². The zero-order valence-corrected chi connectivity index (χ0v) is 13.4. The normalized spacial score (nSPS) is 11.7. The summed E-state index contributed by atoms with van der Waals surface area (Å²) >= 11 is 2.73. The number of alkyl halides is 3. The Kier molecular flexibility index (Phi) is 4.38. The number of carbonyl (C=O) groups is 1. The monoisotopic (exact) mass is 394 g/mol. The van der Waals surface area contributed by atoms with Crippen molar-refractivity contribution in [2.24, 2.45) is 7.05 Å². The molecule has 1 N–H and O–H groups in total. The van der Waals surface area contributed by atoms with Gasteiger partial charge in [-0.25, -0.2) is 9.78 Å². The van der Waals surface area contributed by atoms with Crippen LogP contribution in [0, 0.1) is 0 Å². The largest absolute Gasteiger partial charge is 0.506 e. The first-order valence-corrected chi connectivity index (χ1v) is 7.05. The van der Waals surface area contributed by atoms with Crippen LogP contribution in [0.25, 0.3) is 11.0 Å². The van der Waals surface area contributed by atoms with Crippen molar-refractivity contribution in [2.75, 3.05) is 6.61 Å². The van der Waals surface area contributed by atoms with E-state index in [2.05, 4.69) is 25.7 Å². The lowest BCUT2D eigenvalue weighted by molar-refractivity contribution is -0.141. The molecular formula is C13H10BrF3N2O4. The Labute approximate surface area is 135 Å². The minimum Gasteiger partial charge on any atom is -0.506 e. The quantitative estimate of drug-likeness (QED) is 0.791. The first kappa shape index (κ1) is 17.3. The van der Waals surface area contributed by atoms with Gasteiger partial charge in [-0.05, 0) is 28.9 Å². The van der Waals surface area contributed by atoms with Crippen LogP contribution in [0.5, 0.6) is 5.75 Å².